The van der Waals surface area contributed by atoms with E-state index in [1.54, 1.807) is 6.07 Å². The van der Waals surface area contributed by atoms with Crippen LogP contribution >= 0.6 is 0 Å². The predicted octanol–water partition coefficient (Wildman–Crippen LogP) is 5.10. The number of hydrogen-bond donors (Lipinski definition) is 0. The van der Waals surface area contributed by atoms with Crippen molar-refractivity contribution in [3.63, 3.8) is 0 Å². The van der Waals surface area contributed by atoms with Gasteiger partial charge in [-0.05, 0) is 24.3 Å². The lowest BCUT2D eigenvalue weighted by atomic mass is 9.96. The Kier molecular flexibility index (Phi) is 3.20. The smallest absolute Gasteiger partial charge is 0.302 e. The lowest BCUT2D eigenvalue weighted by molar-refractivity contribution is 0.400. The zero-order valence-electron chi connectivity index (χ0n) is 16.4. The van der Waals surface area contributed by atoms with Gasteiger partial charge in [-0.3, -0.25) is 9.36 Å². The van der Waals surface area contributed by atoms with Crippen LogP contribution in [-0.2, 0) is 11.2 Å². The summed E-state index contributed by atoms with van der Waals surface area (Å²) in [6.45, 7) is 0. The third-order valence-corrected chi connectivity index (χ3v) is 6.17. The quantitative estimate of drug-likeness (QED) is 0.361. The van der Waals surface area contributed by atoms with Crippen LogP contribution < -0.4 is 5.43 Å². The van der Waals surface area contributed by atoms with Gasteiger partial charge in [0.25, 0.3) is 0 Å². The molecule has 0 bridgehead atoms. The van der Waals surface area contributed by atoms with Crippen molar-refractivity contribution in [2.75, 3.05) is 0 Å². The van der Waals surface area contributed by atoms with Gasteiger partial charge in [0.1, 0.15) is 23.1 Å². The van der Waals surface area contributed by atoms with Gasteiger partial charge in [0, 0.05) is 28.8 Å². The highest BCUT2D eigenvalue weighted by Crippen LogP contribution is 2.35. The van der Waals surface area contributed by atoms with E-state index < -0.39 is 0 Å². The Morgan fingerprint density at radius 1 is 0.839 bits per heavy atom. The third kappa shape index (κ3) is 2.26. The topological polar surface area (TPSA) is 56.7 Å². The zero-order chi connectivity index (χ0) is 20.5. The second kappa shape index (κ2) is 5.95. The van der Waals surface area contributed by atoms with E-state index in [0.29, 0.717) is 40.5 Å². The lowest BCUT2D eigenvalue weighted by Gasteiger charge is -2.16. The maximum atomic E-state index is 13.0. The van der Waals surface area contributed by atoms with E-state index in [0.717, 1.165) is 21.8 Å². The van der Waals surface area contributed by atoms with E-state index >= 15 is 0 Å². The van der Waals surface area contributed by atoms with Crippen LogP contribution in [0.4, 0.5) is 0 Å². The van der Waals surface area contributed by atoms with Crippen LogP contribution in [0, 0.1) is 0 Å². The summed E-state index contributed by atoms with van der Waals surface area (Å²) < 4.78 is 14.3. The first-order valence-corrected chi connectivity index (χ1v) is 10.3. The van der Waals surface area contributed by atoms with Gasteiger partial charge in [0.15, 0.2) is 5.43 Å². The molecule has 3 aromatic carbocycles. The van der Waals surface area contributed by atoms with Gasteiger partial charge >= 0.3 is 6.02 Å². The Hall–Kier alpha value is -4.12. The first kappa shape index (κ1) is 16.7. The van der Waals surface area contributed by atoms with Crippen LogP contribution in [-0.4, -0.2) is 16.6 Å². The van der Waals surface area contributed by atoms with Crippen molar-refractivity contribution >= 4 is 44.9 Å². The molecule has 1 atom stereocenters. The van der Waals surface area contributed by atoms with E-state index in [4.69, 9.17) is 14.1 Å². The maximum Gasteiger partial charge on any atom is 0.302 e. The minimum Gasteiger partial charge on any atom is -0.456 e. The summed E-state index contributed by atoms with van der Waals surface area (Å²) in [5, 5.41) is 2.91. The number of ether oxygens (including phenoxy) is 1. The lowest BCUT2D eigenvalue weighted by Crippen LogP contribution is -2.21. The Balaban J connectivity index is 1.41. The molecule has 3 heterocycles. The molecule has 0 radical (unpaired) electrons. The molecular formula is C26H16N2O3. The molecule has 1 aliphatic heterocycles. The molecule has 1 aliphatic carbocycles. The van der Waals surface area contributed by atoms with Gasteiger partial charge < -0.3 is 9.15 Å². The number of aliphatic imine (C=N–C) groups is 1. The fourth-order valence-corrected chi connectivity index (χ4v) is 4.73. The van der Waals surface area contributed by atoms with Crippen LogP contribution in [0.2, 0.25) is 0 Å². The average Bonchev–Trinajstić information content (AvgIpc) is 3.36. The Morgan fingerprint density at radius 3 is 2.23 bits per heavy atom. The molecule has 148 valence electrons. The van der Waals surface area contributed by atoms with Crippen LogP contribution in [0.5, 0.6) is 0 Å². The zero-order valence-corrected chi connectivity index (χ0v) is 16.4. The predicted molar refractivity (Wildman–Crippen MR) is 121 cm³/mol. The number of benzene rings is 3. The van der Waals surface area contributed by atoms with Gasteiger partial charge in [-0.1, -0.05) is 48.5 Å². The molecule has 31 heavy (non-hydrogen) atoms. The summed E-state index contributed by atoms with van der Waals surface area (Å²) in [6.07, 6.45) is 2.29. The first-order valence-electron chi connectivity index (χ1n) is 10.3. The van der Waals surface area contributed by atoms with Crippen LogP contribution in [0.25, 0.3) is 38.9 Å². The number of rotatable bonds is 0. The molecule has 0 amide bonds. The van der Waals surface area contributed by atoms with E-state index in [2.05, 4.69) is 28.8 Å². The van der Waals surface area contributed by atoms with Crippen molar-refractivity contribution in [1.82, 2.24) is 4.57 Å². The van der Waals surface area contributed by atoms with Gasteiger partial charge in [0.05, 0.1) is 16.4 Å². The Bertz CT molecular complexity index is 1620. The fraction of sp³-hybridized carbons (Fsp3) is 0.0769. The number of fused-ring (bicyclic) bond motifs is 6. The van der Waals surface area contributed by atoms with Crippen molar-refractivity contribution in [2.24, 2.45) is 4.99 Å². The monoisotopic (exact) mass is 404 g/mol. The first-order chi connectivity index (χ1) is 15.3. The van der Waals surface area contributed by atoms with Crippen molar-refractivity contribution in [1.29, 1.82) is 0 Å². The van der Waals surface area contributed by atoms with Crippen molar-refractivity contribution in [3.05, 3.63) is 100 Å². The van der Waals surface area contributed by atoms with E-state index in [9.17, 15) is 4.79 Å². The highest BCUT2D eigenvalue weighted by Gasteiger charge is 2.34. The van der Waals surface area contributed by atoms with E-state index in [1.807, 2.05) is 48.5 Å². The normalized spacial score (nSPS) is 17.4. The van der Waals surface area contributed by atoms with Crippen molar-refractivity contribution in [3.8, 4) is 0 Å². The molecule has 0 spiro atoms. The minimum absolute atomic E-state index is 0.00710. The van der Waals surface area contributed by atoms with Gasteiger partial charge in [-0.25, -0.2) is 4.99 Å². The summed E-state index contributed by atoms with van der Waals surface area (Å²) >= 11 is 0. The van der Waals surface area contributed by atoms with Crippen molar-refractivity contribution < 1.29 is 9.15 Å². The second-order valence-electron chi connectivity index (χ2n) is 7.92. The second-order valence-corrected chi connectivity index (χ2v) is 7.92. The number of aromatic nitrogens is 1. The van der Waals surface area contributed by atoms with E-state index in [-0.39, 0.29) is 11.5 Å². The van der Waals surface area contributed by atoms with Gasteiger partial charge in [0.2, 0.25) is 0 Å². The fourth-order valence-electron chi connectivity index (χ4n) is 4.73. The van der Waals surface area contributed by atoms with Crippen molar-refractivity contribution in [2.45, 2.75) is 12.5 Å². The summed E-state index contributed by atoms with van der Waals surface area (Å²) in [6, 6.07) is 24.1. The van der Waals surface area contributed by atoms with Gasteiger partial charge in [-0.15, -0.1) is 0 Å². The molecule has 1 unspecified atom stereocenters. The highest BCUT2D eigenvalue weighted by molar-refractivity contribution is 6.13. The SMILES string of the molecule is O=c1c2c(oc3ccccc13)C=C1OC(n3c4ccccc4c4ccccc43)=NC1C2. The molecule has 5 aromatic rings. The van der Waals surface area contributed by atoms with E-state index in [1.165, 1.54) is 0 Å². The average molecular weight is 404 g/mol. The molecule has 0 fully saturated rings. The number of hydrogen-bond acceptors (Lipinski definition) is 4. The van der Waals surface area contributed by atoms with Gasteiger partial charge in [-0.2, -0.15) is 0 Å². The largest absolute Gasteiger partial charge is 0.456 e. The summed E-state index contributed by atoms with van der Waals surface area (Å²) in [5.41, 5.74) is 3.33. The molecule has 5 heteroatoms. The molecule has 0 saturated heterocycles. The minimum atomic E-state index is -0.230. The Labute approximate surface area is 176 Å². The highest BCUT2D eigenvalue weighted by atomic mass is 16.5. The molecule has 5 nitrogen and oxygen atoms in total. The molecular weight excluding hydrogens is 388 g/mol. The number of nitrogens with zero attached hydrogens (tertiary/aromatic N) is 2. The summed E-state index contributed by atoms with van der Waals surface area (Å²) in [7, 11) is 0. The number of para-hydroxylation sites is 3. The standard InChI is InChI=1S/C26H16N2O3/c29-25-17-9-3-6-12-22(17)30-23-14-24-19(13-18(23)25)27-26(31-24)28-20-10-4-1-7-15(20)16-8-2-5-11-21(16)28/h1-12,14,19H,13H2. The maximum absolute atomic E-state index is 13.0. The molecule has 2 aromatic heterocycles. The summed E-state index contributed by atoms with van der Waals surface area (Å²) in [4.78, 5) is 17.9. The molecule has 0 saturated carbocycles. The molecule has 0 N–H and O–H groups in total. The van der Waals surface area contributed by atoms with Crippen LogP contribution in [0.1, 0.15) is 11.3 Å². The van der Waals surface area contributed by atoms with Crippen LogP contribution in [0.15, 0.2) is 92.8 Å². The molecule has 7 rings (SSSR count). The molecule has 2 aliphatic rings. The summed E-state index contributed by atoms with van der Waals surface area (Å²) in [5.74, 6) is 1.27. The third-order valence-electron chi connectivity index (χ3n) is 6.17. The van der Waals surface area contributed by atoms with Crippen LogP contribution in [0.3, 0.4) is 0 Å². The Morgan fingerprint density at radius 2 is 1.48 bits per heavy atom.